The maximum atomic E-state index is 11.8. The van der Waals surface area contributed by atoms with Crippen molar-refractivity contribution < 1.29 is 43.9 Å². The van der Waals surface area contributed by atoms with E-state index in [2.05, 4.69) is 23.5 Å². The number of halogens is 6. The van der Waals surface area contributed by atoms with Crippen molar-refractivity contribution in [1.29, 1.82) is 0 Å². The van der Waals surface area contributed by atoms with Gasteiger partial charge < -0.3 is 4.55 Å². The van der Waals surface area contributed by atoms with Gasteiger partial charge in [0.15, 0.2) is 10.1 Å². The van der Waals surface area contributed by atoms with Crippen LogP contribution in [0.15, 0.2) is 12.4 Å². The second-order valence-corrected chi connectivity index (χ2v) is 5.99. The molecule has 0 aliphatic carbocycles. The summed E-state index contributed by atoms with van der Waals surface area (Å²) in [5, 5.41) is -5.99. The molecule has 1 N–H and O–H groups in total. The van der Waals surface area contributed by atoms with Gasteiger partial charge in [-0.25, -0.2) is 22.4 Å². The summed E-state index contributed by atoms with van der Waals surface area (Å²) in [6.07, 6.45) is -3.38. The highest BCUT2D eigenvalue weighted by Gasteiger charge is 2.61. The zero-order chi connectivity index (χ0) is 18.5. The summed E-state index contributed by atoms with van der Waals surface area (Å²) in [6.45, 7) is 2.21. The lowest BCUT2D eigenvalue weighted by Crippen LogP contribution is -2.46. The first-order valence-corrected chi connectivity index (χ1v) is 7.71. The highest BCUT2D eigenvalue weighted by Crippen LogP contribution is 2.37. The molecule has 12 heteroatoms. The van der Waals surface area contributed by atoms with Crippen LogP contribution < -0.4 is 4.57 Å². The van der Waals surface area contributed by atoms with E-state index in [4.69, 9.17) is 0 Å². The molecule has 0 spiro atoms. The number of imidazole rings is 1. The van der Waals surface area contributed by atoms with E-state index in [9.17, 15) is 39.3 Å². The summed E-state index contributed by atoms with van der Waals surface area (Å²) < 4.78 is 99.7. The van der Waals surface area contributed by atoms with Gasteiger partial charge in [-0.2, -0.15) is 22.0 Å². The molecule has 1 unspecified atom stereocenters. The van der Waals surface area contributed by atoms with Crippen LogP contribution in [0.25, 0.3) is 0 Å². The molecule has 0 aliphatic heterocycles. The molecule has 1 rings (SSSR count). The highest BCUT2D eigenvalue weighted by molar-refractivity contribution is 7.86. The van der Waals surface area contributed by atoms with E-state index in [-0.39, 0.29) is 0 Å². The minimum absolute atomic E-state index is 1.17. The Labute approximate surface area is 129 Å². The van der Waals surface area contributed by atoms with E-state index >= 15 is 0 Å². The van der Waals surface area contributed by atoms with Crippen LogP contribution in [-0.2, 0) is 23.6 Å². The molecule has 1 aromatic rings. The van der Waals surface area contributed by atoms with Gasteiger partial charge in [-0.05, 0) is 6.42 Å². The predicted molar refractivity (Wildman–Crippen MR) is 66.2 cm³/mol. The molecule has 1 atom stereocenters. The molecule has 0 fully saturated rings. The largest absolute Gasteiger partial charge is 0.743 e. The molecule has 136 valence electrons. The molecule has 0 aromatic carbocycles. The second kappa shape index (κ2) is 7.99. The fraction of sp³-hybridized carbons (Fsp3) is 0.727. The third-order valence-corrected chi connectivity index (χ3v) is 3.53. The predicted octanol–water partition coefficient (Wildman–Crippen LogP) is 2.21. The fourth-order valence-electron chi connectivity index (χ4n) is 1.35. The van der Waals surface area contributed by atoms with Crippen LogP contribution in [0.1, 0.15) is 25.6 Å². The summed E-state index contributed by atoms with van der Waals surface area (Å²) in [4.78, 5) is 3.20. The van der Waals surface area contributed by atoms with Gasteiger partial charge in [0.25, 0.3) is 12.0 Å². The molecular weight excluding hydrogens is 354 g/mol. The second-order valence-electron chi connectivity index (χ2n) is 4.54. The Balaban J connectivity index is 0.000000433. The number of unbranched alkanes of at least 4 members (excludes halogenated alkanes) is 1. The van der Waals surface area contributed by atoms with Crippen LogP contribution in [0.5, 0.6) is 0 Å². The van der Waals surface area contributed by atoms with Crippen molar-refractivity contribution >= 4 is 10.1 Å². The van der Waals surface area contributed by atoms with Crippen molar-refractivity contribution in [3.63, 3.8) is 0 Å². The van der Waals surface area contributed by atoms with Gasteiger partial charge >= 0.3 is 11.4 Å². The van der Waals surface area contributed by atoms with Crippen LogP contribution >= 0.6 is 0 Å². The molecule has 5 nitrogen and oxygen atoms in total. The maximum Gasteiger partial charge on any atom is 0.426 e. The number of rotatable bonds is 5. The normalized spacial score (nSPS) is 14.1. The Morgan fingerprint density at radius 2 is 1.83 bits per heavy atom. The Morgan fingerprint density at radius 1 is 1.30 bits per heavy atom. The van der Waals surface area contributed by atoms with Crippen LogP contribution in [0, 0.1) is 0 Å². The van der Waals surface area contributed by atoms with Gasteiger partial charge in [0.05, 0.1) is 7.05 Å². The van der Waals surface area contributed by atoms with E-state index in [1.54, 1.807) is 0 Å². The zero-order valence-corrected chi connectivity index (χ0v) is 13.0. The summed E-state index contributed by atoms with van der Waals surface area (Å²) in [6, 6.07) is 0. The average Bonchev–Trinajstić information content (AvgIpc) is 2.79. The summed E-state index contributed by atoms with van der Waals surface area (Å²) in [5.41, 5.74) is 0. The smallest absolute Gasteiger partial charge is 0.426 e. The van der Waals surface area contributed by atoms with Crippen LogP contribution in [0.2, 0.25) is 0 Å². The monoisotopic (exact) mass is 370 g/mol. The van der Waals surface area contributed by atoms with E-state index in [0.29, 0.717) is 0 Å². The molecular formula is C11H16F6N2O3S. The summed E-state index contributed by atoms with van der Waals surface area (Å²) >= 11 is 0. The van der Waals surface area contributed by atoms with Gasteiger partial charge in [0.2, 0.25) is 0 Å². The quantitative estimate of drug-likeness (QED) is 0.490. The van der Waals surface area contributed by atoms with Crippen molar-refractivity contribution in [3.05, 3.63) is 18.2 Å². The molecule has 0 saturated heterocycles. The molecule has 0 radical (unpaired) electrons. The lowest BCUT2D eigenvalue weighted by Gasteiger charge is -2.24. The van der Waals surface area contributed by atoms with Gasteiger partial charge in [-0.15, -0.1) is 0 Å². The van der Waals surface area contributed by atoms with Gasteiger partial charge in [0.1, 0.15) is 12.4 Å². The molecule has 1 aromatic heterocycles. The van der Waals surface area contributed by atoms with Crippen molar-refractivity contribution in [3.8, 4) is 0 Å². The number of nitrogens with zero attached hydrogens (tertiary/aromatic N) is 1. The van der Waals surface area contributed by atoms with Crippen molar-refractivity contribution in [2.24, 2.45) is 7.05 Å². The number of hydrogen-bond donors (Lipinski definition) is 1. The van der Waals surface area contributed by atoms with E-state index in [1.807, 2.05) is 12.4 Å². The molecule has 0 saturated carbocycles. The van der Waals surface area contributed by atoms with Crippen LogP contribution in [-0.4, -0.2) is 35.6 Å². The number of alkyl halides is 6. The molecule has 1 heterocycles. The zero-order valence-electron chi connectivity index (χ0n) is 12.2. The standard InChI is InChI=1S/C8H14N2.C3H2F6O3S/c1-3-4-5-8-9-6-7-10(8)2;4-1(2(5,6)7)3(8,9)13(10,11)12/h6-7H,3-5H2,1-2H3;1H,(H,10,11,12). The fourth-order valence-corrected chi connectivity index (χ4v) is 1.73. The Kier molecular flexibility index (Phi) is 7.54. The summed E-state index contributed by atoms with van der Waals surface area (Å²) in [5.74, 6) is 1.32. The number of aromatic nitrogens is 2. The minimum Gasteiger partial charge on any atom is -0.743 e. The van der Waals surface area contributed by atoms with Crippen molar-refractivity contribution in [1.82, 2.24) is 4.98 Å². The van der Waals surface area contributed by atoms with Gasteiger partial charge in [-0.1, -0.05) is 13.3 Å². The van der Waals surface area contributed by atoms with Crippen LogP contribution in [0.4, 0.5) is 26.3 Å². The number of aromatic amines is 1. The van der Waals surface area contributed by atoms with Gasteiger partial charge in [-0.3, -0.25) is 0 Å². The topological polar surface area (TPSA) is 76.9 Å². The lowest BCUT2D eigenvalue weighted by molar-refractivity contribution is -0.677. The Hall–Kier alpha value is -1.30. The van der Waals surface area contributed by atoms with Crippen LogP contribution in [0.3, 0.4) is 0 Å². The average molecular weight is 370 g/mol. The van der Waals surface area contributed by atoms with Crippen molar-refractivity contribution in [2.75, 3.05) is 0 Å². The number of hydrogen-bond acceptors (Lipinski definition) is 3. The first kappa shape index (κ1) is 21.7. The molecule has 0 aliphatic rings. The first-order chi connectivity index (χ1) is 10.2. The third-order valence-electron chi connectivity index (χ3n) is 2.66. The maximum absolute atomic E-state index is 11.8. The molecule has 23 heavy (non-hydrogen) atoms. The Bertz CT molecular complexity index is 585. The molecule has 0 amide bonds. The lowest BCUT2D eigenvalue weighted by atomic mass is 10.2. The molecule has 0 bridgehead atoms. The summed E-state index contributed by atoms with van der Waals surface area (Å²) in [7, 11) is -4.59. The number of aryl methyl sites for hydroxylation is 2. The number of nitrogens with one attached hydrogen (secondary N) is 1. The Morgan fingerprint density at radius 3 is 2.09 bits per heavy atom. The van der Waals surface area contributed by atoms with Crippen molar-refractivity contribution in [2.45, 2.75) is 43.8 Å². The van der Waals surface area contributed by atoms with E-state index in [1.165, 1.54) is 25.1 Å². The van der Waals surface area contributed by atoms with E-state index in [0.717, 1.165) is 0 Å². The third kappa shape index (κ3) is 6.37. The first-order valence-electron chi connectivity index (χ1n) is 6.31. The van der Waals surface area contributed by atoms with E-state index < -0.39 is 27.7 Å². The highest BCUT2D eigenvalue weighted by atomic mass is 32.2. The number of H-pyrrole nitrogens is 1. The van der Waals surface area contributed by atoms with Gasteiger partial charge in [0, 0.05) is 6.42 Å². The SMILES string of the molecule is CCCCc1[nH]cc[n+]1C.O=S(=O)([O-])C(F)(F)C(F)C(F)(F)F. The minimum atomic E-state index is -6.66.